The quantitative estimate of drug-likeness (QED) is 0.167. The van der Waals surface area contributed by atoms with Crippen molar-refractivity contribution in [3.05, 3.63) is 152 Å². The van der Waals surface area contributed by atoms with Crippen molar-refractivity contribution in [1.29, 1.82) is 15.8 Å². The summed E-state index contributed by atoms with van der Waals surface area (Å²) in [6.07, 6.45) is -4.99. The average Bonchev–Trinajstić information content (AvgIpc) is 3.58. The standard InChI is InChI=1S/C38H15F3N6O/c1-20-5-6-24(16-30(20)45-2)23-8-11-27-29(15-23)35(32(19-44)47-4)36-26-10-7-22(14-28(26)34(37(27)36)31(18-43)46-3)21-9-12-33(25(13-21)17-42)48-38(39,40)41/h5-16H,1H3/b34-31-,35-32+. The number of allylic oxidation sites excluding steroid dienone is 6. The lowest BCUT2D eigenvalue weighted by molar-refractivity contribution is -0.274. The summed E-state index contributed by atoms with van der Waals surface area (Å²) in [4.78, 5) is 10.6. The van der Waals surface area contributed by atoms with E-state index >= 15 is 0 Å². The van der Waals surface area contributed by atoms with Crippen LogP contribution in [0.3, 0.4) is 0 Å². The molecule has 0 radical (unpaired) electrons. The van der Waals surface area contributed by atoms with Crippen molar-refractivity contribution in [2.24, 2.45) is 0 Å². The number of aryl methyl sites for hydroxylation is 1. The lowest BCUT2D eigenvalue weighted by Crippen LogP contribution is -2.17. The molecular formula is C38H15F3N6O. The van der Waals surface area contributed by atoms with E-state index < -0.39 is 12.1 Å². The summed E-state index contributed by atoms with van der Waals surface area (Å²) in [5.41, 5.74) is 6.66. The second-order valence-corrected chi connectivity index (χ2v) is 10.6. The maximum Gasteiger partial charge on any atom is 0.573 e. The minimum absolute atomic E-state index is 0.194. The Kier molecular flexibility index (Phi) is 7.36. The first-order chi connectivity index (χ1) is 23.1. The fraction of sp³-hybridized carbons (Fsp3) is 0.0526. The predicted octanol–water partition coefficient (Wildman–Crippen LogP) is 9.90. The second-order valence-electron chi connectivity index (χ2n) is 10.6. The summed E-state index contributed by atoms with van der Waals surface area (Å²) in [5, 5.41) is 29.7. The molecule has 224 valence electrons. The van der Waals surface area contributed by atoms with Gasteiger partial charge in [0, 0.05) is 11.1 Å². The van der Waals surface area contributed by atoms with Gasteiger partial charge in [-0.25, -0.2) is 25.1 Å². The first-order valence-corrected chi connectivity index (χ1v) is 13.9. The largest absolute Gasteiger partial charge is 0.573 e. The highest BCUT2D eigenvalue weighted by atomic mass is 19.4. The Bertz CT molecular complexity index is 2460. The van der Waals surface area contributed by atoms with Gasteiger partial charge in [0.2, 0.25) is 0 Å². The van der Waals surface area contributed by atoms with Gasteiger partial charge in [-0.1, -0.05) is 42.5 Å². The van der Waals surface area contributed by atoms with Crippen LogP contribution in [0.15, 0.2) is 84.2 Å². The number of hydrogen-bond donors (Lipinski definition) is 0. The minimum atomic E-state index is -4.99. The molecule has 0 heterocycles. The molecule has 10 heteroatoms. The average molecular weight is 629 g/mol. The van der Waals surface area contributed by atoms with Gasteiger partial charge in [-0.2, -0.15) is 5.26 Å². The van der Waals surface area contributed by atoms with E-state index in [1.54, 1.807) is 36.4 Å². The van der Waals surface area contributed by atoms with E-state index in [9.17, 15) is 29.0 Å². The number of rotatable bonds is 3. The normalized spacial score (nSPS) is 14.5. The highest BCUT2D eigenvalue weighted by Gasteiger charge is 2.40. The Balaban J connectivity index is 1.57. The Labute approximate surface area is 272 Å². The van der Waals surface area contributed by atoms with E-state index in [4.69, 9.17) is 19.7 Å². The Morgan fingerprint density at radius 1 is 0.667 bits per heavy atom. The predicted molar refractivity (Wildman–Crippen MR) is 171 cm³/mol. The van der Waals surface area contributed by atoms with Gasteiger partial charge in [-0.05, 0) is 98.5 Å². The molecule has 0 atom stereocenters. The molecule has 0 spiro atoms. The van der Waals surface area contributed by atoms with Gasteiger partial charge < -0.3 is 4.74 Å². The van der Waals surface area contributed by atoms with Crippen LogP contribution in [0.5, 0.6) is 5.75 Å². The highest BCUT2D eigenvalue weighted by Crippen LogP contribution is 2.60. The Hall–Kier alpha value is -7.37. The van der Waals surface area contributed by atoms with Crippen molar-refractivity contribution in [2.75, 3.05) is 0 Å². The molecule has 0 bridgehead atoms. The van der Waals surface area contributed by atoms with Gasteiger partial charge in [0.05, 0.1) is 37.4 Å². The molecule has 0 amide bonds. The van der Waals surface area contributed by atoms with E-state index in [2.05, 4.69) is 19.3 Å². The van der Waals surface area contributed by atoms with Crippen molar-refractivity contribution >= 4 is 28.0 Å². The van der Waals surface area contributed by atoms with Crippen molar-refractivity contribution in [1.82, 2.24) is 0 Å². The number of benzene rings is 4. The van der Waals surface area contributed by atoms with E-state index in [1.165, 1.54) is 12.1 Å². The molecule has 6 rings (SSSR count). The number of hydrogen-bond acceptors (Lipinski definition) is 4. The molecular weight excluding hydrogens is 613 g/mol. The van der Waals surface area contributed by atoms with Crippen molar-refractivity contribution < 1.29 is 17.9 Å². The van der Waals surface area contributed by atoms with E-state index in [0.717, 1.165) is 22.8 Å². The van der Waals surface area contributed by atoms with Gasteiger partial charge in [-0.15, -0.1) is 13.2 Å². The lowest BCUT2D eigenvalue weighted by Gasteiger charge is -2.16. The monoisotopic (exact) mass is 628 g/mol. The maximum absolute atomic E-state index is 12.9. The van der Waals surface area contributed by atoms with Crippen LogP contribution in [0.1, 0.15) is 33.4 Å². The zero-order valence-electron chi connectivity index (χ0n) is 24.7. The Morgan fingerprint density at radius 3 is 1.60 bits per heavy atom. The molecule has 0 fully saturated rings. The minimum Gasteiger partial charge on any atom is -0.404 e. The number of halogens is 3. The maximum atomic E-state index is 12.9. The van der Waals surface area contributed by atoms with Crippen LogP contribution >= 0.6 is 0 Å². The number of nitrogens with zero attached hydrogens (tertiary/aromatic N) is 6. The summed E-state index contributed by atoms with van der Waals surface area (Å²) in [7, 11) is 0. The third-order valence-corrected chi connectivity index (χ3v) is 8.10. The number of fused-ring (bicyclic) bond motifs is 4. The SMILES string of the molecule is [C-]#[N+]/C(C#N)=C1C2=C(/C(=C(\C#N)[N+]#[C-])c3cc(-c4ccc(C)c([N+]#[C-])c4)ccc32)c2ccc(-c3ccc(OC(F)(F)F)c(C#N)c3)cc2\1. The topological polar surface area (TPSA) is 93.7 Å². The molecule has 2 aliphatic carbocycles. The zero-order valence-corrected chi connectivity index (χ0v) is 24.7. The van der Waals surface area contributed by atoms with Gasteiger partial charge >= 0.3 is 6.36 Å². The molecule has 0 aliphatic heterocycles. The van der Waals surface area contributed by atoms with Crippen LogP contribution < -0.4 is 4.74 Å². The van der Waals surface area contributed by atoms with Gasteiger partial charge in [-0.3, -0.25) is 0 Å². The highest BCUT2D eigenvalue weighted by molar-refractivity contribution is 6.37. The fourth-order valence-electron chi connectivity index (χ4n) is 6.04. The third-order valence-electron chi connectivity index (χ3n) is 8.10. The van der Waals surface area contributed by atoms with E-state index in [-0.39, 0.29) is 22.5 Å². The summed E-state index contributed by atoms with van der Waals surface area (Å²) in [6, 6.07) is 25.3. The van der Waals surface area contributed by atoms with Crippen LogP contribution in [-0.2, 0) is 0 Å². The Morgan fingerprint density at radius 2 is 1.15 bits per heavy atom. The lowest BCUT2D eigenvalue weighted by atomic mass is 9.88. The molecule has 48 heavy (non-hydrogen) atoms. The molecule has 0 saturated carbocycles. The summed E-state index contributed by atoms with van der Waals surface area (Å²) in [5.74, 6) is -0.652. The van der Waals surface area contributed by atoms with E-state index in [1.807, 2.05) is 43.3 Å². The first-order valence-electron chi connectivity index (χ1n) is 13.9. The summed E-state index contributed by atoms with van der Waals surface area (Å²) in [6.45, 7) is 25.0. The van der Waals surface area contributed by atoms with Crippen LogP contribution in [0.2, 0.25) is 0 Å². The molecule has 0 N–H and O–H groups in total. The third kappa shape index (κ3) is 4.90. The fourth-order valence-corrected chi connectivity index (χ4v) is 6.04. The number of nitriles is 3. The molecule has 4 aromatic carbocycles. The van der Waals surface area contributed by atoms with Crippen LogP contribution in [0, 0.1) is 60.6 Å². The van der Waals surface area contributed by atoms with Crippen molar-refractivity contribution in [3.8, 4) is 46.2 Å². The molecule has 2 aliphatic rings. The summed E-state index contributed by atoms with van der Waals surface area (Å²) < 4.78 is 42.6. The van der Waals surface area contributed by atoms with Crippen LogP contribution in [0.25, 0.3) is 59.1 Å². The van der Waals surface area contributed by atoms with Crippen molar-refractivity contribution in [3.63, 3.8) is 0 Å². The summed E-state index contributed by atoms with van der Waals surface area (Å²) >= 11 is 0. The van der Waals surface area contributed by atoms with E-state index in [0.29, 0.717) is 55.8 Å². The van der Waals surface area contributed by atoms with Gasteiger partial charge in [0.1, 0.15) is 11.8 Å². The zero-order chi connectivity index (χ0) is 34.3. The first kappa shape index (κ1) is 30.6. The number of ether oxygens (including phenoxy) is 1. The molecule has 0 unspecified atom stereocenters. The molecule has 7 nitrogen and oxygen atoms in total. The number of alkyl halides is 3. The molecule has 0 aromatic heterocycles. The van der Waals surface area contributed by atoms with Crippen LogP contribution in [-0.4, -0.2) is 6.36 Å². The molecule has 0 saturated heterocycles. The molecule has 4 aromatic rings. The van der Waals surface area contributed by atoms with Crippen LogP contribution in [0.4, 0.5) is 18.9 Å². The second kappa shape index (κ2) is 11.5. The smallest absolute Gasteiger partial charge is 0.404 e. The van der Waals surface area contributed by atoms with Gasteiger partial charge in [0.15, 0.2) is 5.69 Å². The van der Waals surface area contributed by atoms with Crippen molar-refractivity contribution in [2.45, 2.75) is 13.3 Å². The van der Waals surface area contributed by atoms with Gasteiger partial charge in [0.25, 0.3) is 11.4 Å².